The Hall–Kier alpha value is -2.56. The monoisotopic (exact) mass is 340 g/mol. The number of rotatable bonds is 7. The zero-order valence-electron chi connectivity index (χ0n) is 15.0. The second kappa shape index (κ2) is 7.13. The van der Waals surface area contributed by atoms with Crippen LogP contribution in [-0.4, -0.2) is 24.0 Å². The third-order valence-electron chi connectivity index (χ3n) is 4.55. The van der Waals surface area contributed by atoms with Gasteiger partial charge in [0.1, 0.15) is 0 Å². The molecule has 0 atom stereocenters. The molecule has 5 heteroatoms. The Bertz CT molecular complexity index is 824. The number of pyridine rings is 1. The Morgan fingerprint density at radius 3 is 2.44 bits per heavy atom. The van der Waals surface area contributed by atoms with E-state index in [1.54, 1.807) is 19.2 Å². The molecule has 1 heterocycles. The summed E-state index contributed by atoms with van der Waals surface area (Å²) in [6, 6.07) is 8.78. The number of nitrogens with one attached hydrogen (secondary N) is 1. The van der Waals surface area contributed by atoms with Crippen molar-refractivity contribution < 1.29 is 9.47 Å². The lowest BCUT2D eigenvalue weighted by molar-refractivity contribution is 0.280. The number of benzene rings is 1. The van der Waals surface area contributed by atoms with E-state index in [-0.39, 0.29) is 5.43 Å². The quantitative estimate of drug-likeness (QED) is 0.786. The zero-order valence-corrected chi connectivity index (χ0v) is 15.0. The Morgan fingerprint density at radius 1 is 1.16 bits per heavy atom. The molecule has 1 aromatic carbocycles. The Labute approximate surface area is 147 Å². The van der Waals surface area contributed by atoms with Gasteiger partial charge in [0.25, 0.3) is 0 Å². The molecule has 3 rings (SSSR count). The topological polar surface area (TPSA) is 64.3 Å². The van der Waals surface area contributed by atoms with Gasteiger partial charge in [0, 0.05) is 29.1 Å². The average Bonchev–Trinajstić information content (AvgIpc) is 3.40. The van der Waals surface area contributed by atoms with Gasteiger partial charge in [-0.3, -0.25) is 4.79 Å². The lowest BCUT2D eigenvalue weighted by Crippen LogP contribution is -2.18. The first-order valence-electron chi connectivity index (χ1n) is 8.54. The standard InChI is InChI=1S/C20H24N2O3/c1-13-8-17(23)9-14(2)22(13)11-18(21)16-6-7-19(24-3)20(10-16)25-12-15-4-5-15/h6-10,15,21H,4-5,11-12H2,1-3H3. The maximum absolute atomic E-state index is 11.6. The SMILES string of the molecule is COc1ccc(C(=N)Cn2c(C)cc(=O)cc2C)cc1OCC1CC1. The number of methoxy groups -OCH3 is 1. The van der Waals surface area contributed by atoms with Gasteiger partial charge in [-0.1, -0.05) is 0 Å². The number of hydrogen-bond acceptors (Lipinski definition) is 4. The molecule has 0 spiro atoms. The van der Waals surface area contributed by atoms with Crippen LogP contribution >= 0.6 is 0 Å². The predicted molar refractivity (Wildman–Crippen MR) is 98.2 cm³/mol. The van der Waals surface area contributed by atoms with Crippen LogP contribution in [0.25, 0.3) is 0 Å². The normalized spacial score (nSPS) is 13.6. The van der Waals surface area contributed by atoms with Crippen LogP contribution in [0.3, 0.4) is 0 Å². The molecule has 2 aromatic rings. The van der Waals surface area contributed by atoms with E-state index in [1.807, 2.05) is 36.6 Å². The van der Waals surface area contributed by atoms with Crippen molar-refractivity contribution in [3.63, 3.8) is 0 Å². The lowest BCUT2D eigenvalue weighted by atomic mass is 10.1. The van der Waals surface area contributed by atoms with Crippen molar-refractivity contribution in [1.82, 2.24) is 4.57 Å². The largest absolute Gasteiger partial charge is 0.493 e. The molecule has 1 aliphatic rings. The van der Waals surface area contributed by atoms with E-state index in [2.05, 4.69) is 0 Å². The van der Waals surface area contributed by atoms with Gasteiger partial charge in [0.05, 0.1) is 26.0 Å². The number of nitrogens with zero attached hydrogens (tertiary/aromatic N) is 1. The minimum atomic E-state index is -0.00186. The molecule has 25 heavy (non-hydrogen) atoms. The van der Waals surface area contributed by atoms with Gasteiger partial charge in [0.2, 0.25) is 0 Å². The molecule has 1 fully saturated rings. The van der Waals surface area contributed by atoms with Crippen LogP contribution in [0.15, 0.2) is 35.1 Å². The summed E-state index contributed by atoms with van der Waals surface area (Å²) in [5.74, 6) is 2.03. The summed E-state index contributed by atoms with van der Waals surface area (Å²) in [6.45, 7) is 4.89. The molecule has 1 aromatic heterocycles. The predicted octanol–water partition coefficient (Wildman–Crippen LogP) is 3.33. The number of aromatic nitrogens is 1. The number of ether oxygens (including phenoxy) is 2. The summed E-state index contributed by atoms with van der Waals surface area (Å²) < 4.78 is 13.2. The van der Waals surface area contributed by atoms with E-state index in [9.17, 15) is 4.79 Å². The maximum atomic E-state index is 11.6. The smallest absolute Gasteiger partial charge is 0.182 e. The van der Waals surface area contributed by atoms with E-state index in [4.69, 9.17) is 14.9 Å². The molecule has 0 unspecified atom stereocenters. The molecular weight excluding hydrogens is 316 g/mol. The van der Waals surface area contributed by atoms with Crippen molar-refractivity contribution in [2.24, 2.45) is 5.92 Å². The third-order valence-corrected chi connectivity index (χ3v) is 4.55. The van der Waals surface area contributed by atoms with Gasteiger partial charge >= 0.3 is 0 Å². The number of hydrogen-bond donors (Lipinski definition) is 1. The van der Waals surface area contributed by atoms with Gasteiger partial charge in [0.15, 0.2) is 16.9 Å². The first kappa shape index (κ1) is 17.3. The summed E-state index contributed by atoms with van der Waals surface area (Å²) in [5.41, 5.74) is 2.97. The molecule has 1 aliphatic carbocycles. The zero-order chi connectivity index (χ0) is 18.0. The summed E-state index contributed by atoms with van der Waals surface area (Å²) in [4.78, 5) is 11.6. The highest BCUT2D eigenvalue weighted by Crippen LogP contribution is 2.33. The van der Waals surface area contributed by atoms with Crippen molar-refractivity contribution in [3.8, 4) is 11.5 Å². The maximum Gasteiger partial charge on any atom is 0.182 e. The van der Waals surface area contributed by atoms with Gasteiger partial charge in [-0.2, -0.15) is 0 Å². The Balaban J connectivity index is 1.81. The molecule has 0 aliphatic heterocycles. The molecular formula is C20H24N2O3. The number of aryl methyl sites for hydroxylation is 2. The summed E-state index contributed by atoms with van der Waals surface area (Å²) >= 11 is 0. The molecule has 0 radical (unpaired) electrons. The van der Waals surface area contributed by atoms with Crippen LogP contribution in [0.2, 0.25) is 0 Å². The fourth-order valence-electron chi connectivity index (χ4n) is 2.86. The van der Waals surface area contributed by atoms with E-state index in [0.29, 0.717) is 36.3 Å². The second-order valence-corrected chi connectivity index (χ2v) is 6.66. The highest BCUT2D eigenvalue weighted by Gasteiger charge is 2.22. The van der Waals surface area contributed by atoms with Crippen molar-refractivity contribution in [2.75, 3.05) is 13.7 Å². The van der Waals surface area contributed by atoms with Gasteiger partial charge in [-0.15, -0.1) is 0 Å². The van der Waals surface area contributed by atoms with E-state index < -0.39 is 0 Å². The molecule has 0 bridgehead atoms. The van der Waals surface area contributed by atoms with Crippen molar-refractivity contribution in [2.45, 2.75) is 33.2 Å². The van der Waals surface area contributed by atoms with Crippen molar-refractivity contribution in [1.29, 1.82) is 5.41 Å². The molecule has 1 saturated carbocycles. The minimum Gasteiger partial charge on any atom is -0.493 e. The fraction of sp³-hybridized carbons (Fsp3) is 0.400. The van der Waals surface area contributed by atoms with Gasteiger partial charge in [-0.05, 0) is 50.8 Å². The average molecular weight is 340 g/mol. The third kappa shape index (κ3) is 4.10. The van der Waals surface area contributed by atoms with Gasteiger partial charge < -0.3 is 19.5 Å². The Morgan fingerprint density at radius 2 is 1.84 bits per heavy atom. The summed E-state index contributed by atoms with van der Waals surface area (Å²) in [7, 11) is 1.62. The van der Waals surface area contributed by atoms with Crippen LogP contribution in [0.1, 0.15) is 29.8 Å². The van der Waals surface area contributed by atoms with Crippen molar-refractivity contribution in [3.05, 3.63) is 57.5 Å². The molecule has 5 nitrogen and oxygen atoms in total. The summed E-state index contributed by atoms with van der Waals surface area (Å²) in [5, 5.41) is 8.47. The Kier molecular flexibility index (Phi) is 4.93. The first-order chi connectivity index (χ1) is 12.0. The van der Waals surface area contributed by atoms with Crippen LogP contribution in [0.4, 0.5) is 0 Å². The lowest BCUT2D eigenvalue weighted by Gasteiger charge is -2.16. The first-order valence-corrected chi connectivity index (χ1v) is 8.54. The van der Waals surface area contributed by atoms with E-state index in [0.717, 1.165) is 17.0 Å². The van der Waals surface area contributed by atoms with Crippen LogP contribution in [0, 0.1) is 25.2 Å². The van der Waals surface area contributed by atoms with Gasteiger partial charge in [-0.25, -0.2) is 0 Å². The second-order valence-electron chi connectivity index (χ2n) is 6.66. The van der Waals surface area contributed by atoms with Crippen LogP contribution in [0.5, 0.6) is 11.5 Å². The van der Waals surface area contributed by atoms with Crippen LogP contribution in [-0.2, 0) is 6.54 Å². The minimum absolute atomic E-state index is 0.00186. The van der Waals surface area contributed by atoms with E-state index >= 15 is 0 Å². The molecule has 0 amide bonds. The van der Waals surface area contributed by atoms with E-state index in [1.165, 1.54) is 12.8 Å². The van der Waals surface area contributed by atoms with Crippen molar-refractivity contribution >= 4 is 5.71 Å². The highest BCUT2D eigenvalue weighted by atomic mass is 16.5. The molecule has 1 N–H and O–H groups in total. The van der Waals surface area contributed by atoms with Crippen LogP contribution < -0.4 is 14.9 Å². The molecule has 132 valence electrons. The summed E-state index contributed by atoms with van der Waals surface area (Å²) in [6.07, 6.45) is 2.45. The molecule has 0 saturated heterocycles. The highest BCUT2D eigenvalue weighted by molar-refractivity contribution is 5.98. The fourth-order valence-corrected chi connectivity index (χ4v) is 2.86.